The van der Waals surface area contributed by atoms with E-state index >= 15 is 0 Å². The molecule has 3 aromatic heterocycles. The molecule has 0 spiro atoms. The number of fused-ring (bicyclic) bond motifs is 1. The number of benzene rings is 1. The molecule has 0 aliphatic carbocycles. The highest BCUT2D eigenvalue weighted by molar-refractivity contribution is 5.76. The molecule has 7 nitrogen and oxygen atoms in total. The van der Waals surface area contributed by atoms with Crippen LogP contribution in [-0.2, 0) is 0 Å². The van der Waals surface area contributed by atoms with Crippen LogP contribution < -0.4 is 5.56 Å². The third-order valence-corrected chi connectivity index (χ3v) is 4.13. The predicted octanol–water partition coefficient (Wildman–Crippen LogP) is 3.00. The molecular formula is C19H18N6O. The van der Waals surface area contributed by atoms with Gasteiger partial charge in [0.05, 0.1) is 11.0 Å². The zero-order valence-electron chi connectivity index (χ0n) is 14.8. The van der Waals surface area contributed by atoms with Crippen LogP contribution in [0.15, 0.2) is 47.4 Å². The summed E-state index contributed by atoms with van der Waals surface area (Å²) in [5.41, 5.74) is 2.24. The molecule has 26 heavy (non-hydrogen) atoms. The Labute approximate surface area is 149 Å². The first kappa shape index (κ1) is 16.1. The lowest BCUT2D eigenvalue weighted by Crippen LogP contribution is -2.15. The topological polar surface area (TPSA) is 89.3 Å². The molecule has 130 valence electrons. The summed E-state index contributed by atoms with van der Waals surface area (Å²) < 4.78 is 1.61. The largest absolute Gasteiger partial charge is 0.319 e. The van der Waals surface area contributed by atoms with Crippen LogP contribution in [0.1, 0.15) is 31.2 Å². The van der Waals surface area contributed by atoms with Crippen LogP contribution >= 0.6 is 0 Å². The van der Waals surface area contributed by atoms with Gasteiger partial charge in [-0.1, -0.05) is 32.0 Å². The number of para-hydroxylation sites is 2. The molecule has 0 radical (unpaired) electrons. The second-order valence-electron chi connectivity index (χ2n) is 6.44. The number of nitrogens with one attached hydrogen (secondary N) is 1. The minimum atomic E-state index is -0.304. The highest BCUT2D eigenvalue weighted by atomic mass is 16.1. The Morgan fingerprint density at radius 2 is 1.88 bits per heavy atom. The first-order chi connectivity index (χ1) is 12.5. The fourth-order valence-corrected chi connectivity index (χ4v) is 2.75. The number of aryl methyl sites for hydroxylation is 1. The third kappa shape index (κ3) is 2.67. The molecule has 4 rings (SSSR count). The van der Waals surface area contributed by atoms with Crippen LogP contribution in [-0.4, -0.2) is 29.7 Å². The summed E-state index contributed by atoms with van der Waals surface area (Å²) >= 11 is 0. The lowest BCUT2D eigenvalue weighted by atomic mass is 10.2. The Morgan fingerprint density at radius 3 is 2.65 bits per heavy atom. The summed E-state index contributed by atoms with van der Waals surface area (Å²) in [5.74, 6) is 1.77. The molecule has 0 fully saturated rings. The molecule has 0 amide bonds. The molecule has 0 saturated heterocycles. The molecular weight excluding hydrogens is 328 g/mol. The van der Waals surface area contributed by atoms with Crippen molar-refractivity contribution < 1.29 is 0 Å². The van der Waals surface area contributed by atoms with Gasteiger partial charge in [0, 0.05) is 12.1 Å². The Balaban J connectivity index is 2.01. The zero-order valence-corrected chi connectivity index (χ0v) is 14.8. The summed E-state index contributed by atoms with van der Waals surface area (Å²) in [7, 11) is 0. The van der Waals surface area contributed by atoms with Crippen molar-refractivity contribution >= 4 is 11.0 Å². The number of nitrogens with zero attached hydrogens (tertiary/aromatic N) is 5. The van der Waals surface area contributed by atoms with Gasteiger partial charge < -0.3 is 4.98 Å². The summed E-state index contributed by atoms with van der Waals surface area (Å²) in [5, 5.41) is 4.59. The molecule has 3 heterocycles. The van der Waals surface area contributed by atoms with Gasteiger partial charge in [0.2, 0.25) is 0 Å². The van der Waals surface area contributed by atoms with Crippen molar-refractivity contribution in [3.8, 4) is 17.3 Å². The van der Waals surface area contributed by atoms with E-state index < -0.39 is 0 Å². The molecule has 1 aromatic carbocycles. The van der Waals surface area contributed by atoms with Gasteiger partial charge in [0.25, 0.3) is 5.56 Å². The van der Waals surface area contributed by atoms with E-state index in [1.807, 2.05) is 57.2 Å². The van der Waals surface area contributed by atoms with E-state index in [1.54, 1.807) is 10.9 Å². The van der Waals surface area contributed by atoms with Crippen molar-refractivity contribution in [3.05, 3.63) is 64.3 Å². The maximum atomic E-state index is 12.7. The van der Waals surface area contributed by atoms with E-state index in [2.05, 4.69) is 25.0 Å². The monoisotopic (exact) mass is 346 g/mol. The van der Waals surface area contributed by atoms with E-state index in [-0.39, 0.29) is 17.2 Å². The summed E-state index contributed by atoms with van der Waals surface area (Å²) in [4.78, 5) is 29.1. The molecule has 7 heteroatoms. The average molecular weight is 346 g/mol. The quantitative estimate of drug-likeness (QED) is 0.616. The fraction of sp³-hybridized carbons (Fsp3) is 0.211. The van der Waals surface area contributed by atoms with Gasteiger partial charge in [-0.3, -0.25) is 4.79 Å². The van der Waals surface area contributed by atoms with E-state index in [0.717, 1.165) is 5.56 Å². The van der Waals surface area contributed by atoms with Crippen molar-refractivity contribution in [1.82, 2.24) is 29.7 Å². The Hall–Kier alpha value is -3.35. The van der Waals surface area contributed by atoms with E-state index in [0.29, 0.717) is 28.5 Å². The van der Waals surface area contributed by atoms with E-state index in [4.69, 9.17) is 0 Å². The van der Waals surface area contributed by atoms with Crippen LogP contribution in [0.2, 0.25) is 0 Å². The number of pyridine rings is 1. The van der Waals surface area contributed by atoms with Gasteiger partial charge in [0.1, 0.15) is 0 Å². The van der Waals surface area contributed by atoms with Gasteiger partial charge >= 0.3 is 0 Å². The minimum Gasteiger partial charge on any atom is -0.319 e. The zero-order chi connectivity index (χ0) is 18.3. The van der Waals surface area contributed by atoms with Crippen molar-refractivity contribution in [2.45, 2.75) is 26.7 Å². The van der Waals surface area contributed by atoms with Gasteiger partial charge in [-0.2, -0.15) is 4.68 Å². The van der Waals surface area contributed by atoms with Crippen molar-refractivity contribution in [1.29, 1.82) is 0 Å². The van der Waals surface area contributed by atoms with E-state index in [1.165, 1.54) is 0 Å². The van der Waals surface area contributed by atoms with E-state index in [9.17, 15) is 4.79 Å². The standard InChI is InChI=1S/C19H18N6O/c1-11(2)16-23-18(25(24-16)17-12(3)7-6-10-20-17)15-19(26)22-14-9-5-4-8-13(14)21-15/h4-11H,1-3H3,(H,22,26). The molecule has 0 bridgehead atoms. The predicted molar refractivity (Wildman–Crippen MR) is 99.3 cm³/mol. The van der Waals surface area contributed by atoms with Crippen LogP contribution in [0.5, 0.6) is 0 Å². The second kappa shape index (κ2) is 6.18. The lowest BCUT2D eigenvalue weighted by Gasteiger charge is -2.07. The highest BCUT2D eigenvalue weighted by Crippen LogP contribution is 2.22. The number of hydrogen-bond donors (Lipinski definition) is 1. The van der Waals surface area contributed by atoms with Gasteiger partial charge in [-0.25, -0.2) is 15.0 Å². The third-order valence-electron chi connectivity index (χ3n) is 4.13. The van der Waals surface area contributed by atoms with Crippen LogP contribution in [0.25, 0.3) is 28.4 Å². The molecule has 1 N–H and O–H groups in total. The number of H-pyrrole nitrogens is 1. The second-order valence-corrected chi connectivity index (χ2v) is 6.44. The molecule has 4 aromatic rings. The summed E-state index contributed by atoms with van der Waals surface area (Å²) in [6.45, 7) is 5.96. The minimum absolute atomic E-state index is 0.110. The van der Waals surface area contributed by atoms with Crippen molar-refractivity contribution in [3.63, 3.8) is 0 Å². The average Bonchev–Trinajstić information content (AvgIpc) is 3.06. The Morgan fingerprint density at radius 1 is 1.08 bits per heavy atom. The maximum absolute atomic E-state index is 12.7. The molecule has 0 saturated carbocycles. The molecule has 0 aliphatic heterocycles. The maximum Gasteiger partial charge on any atom is 0.278 e. The number of aromatic amines is 1. The van der Waals surface area contributed by atoms with Gasteiger partial charge in [-0.05, 0) is 30.7 Å². The van der Waals surface area contributed by atoms with Crippen molar-refractivity contribution in [2.75, 3.05) is 0 Å². The number of aromatic nitrogens is 6. The SMILES string of the molecule is Cc1cccnc1-n1nc(C(C)C)nc1-c1nc2ccccc2[nH]c1=O. The van der Waals surface area contributed by atoms with Gasteiger partial charge in [-0.15, -0.1) is 5.10 Å². The van der Waals surface area contributed by atoms with Crippen LogP contribution in [0, 0.1) is 6.92 Å². The molecule has 0 aliphatic rings. The molecule has 0 unspecified atom stereocenters. The first-order valence-corrected chi connectivity index (χ1v) is 8.43. The molecule has 0 atom stereocenters. The normalized spacial score (nSPS) is 11.4. The fourth-order valence-electron chi connectivity index (χ4n) is 2.75. The summed E-state index contributed by atoms with van der Waals surface area (Å²) in [6.07, 6.45) is 1.70. The lowest BCUT2D eigenvalue weighted by molar-refractivity contribution is 0.745. The Kier molecular flexibility index (Phi) is 3.84. The summed E-state index contributed by atoms with van der Waals surface area (Å²) in [6, 6.07) is 11.2. The highest BCUT2D eigenvalue weighted by Gasteiger charge is 2.21. The van der Waals surface area contributed by atoms with Crippen molar-refractivity contribution in [2.24, 2.45) is 0 Å². The smallest absolute Gasteiger partial charge is 0.278 e. The van der Waals surface area contributed by atoms with Gasteiger partial charge in [0.15, 0.2) is 23.2 Å². The number of hydrogen-bond acceptors (Lipinski definition) is 5. The van der Waals surface area contributed by atoms with Crippen LogP contribution in [0.4, 0.5) is 0 Å². The van der Waals surface area contributed by atoms with Crippen LogP contribution in [0.3, 0.4) is 0 Å². The number of rotatable bonds is 3. The first-order valence-electron chi connectivity index (χ1n) is 8.43. The Bertz CT molecular complexity index is 1160.